The first-order valence-corrected chi connectivity index (χ1v) is 9.40. The summed E-state index contributed by atoms with van der Waals surface area (Å²) in [6, 6.07) is 3.57. The van der Waals surface area contributed by atoms with Crippen LogP contribution >= 0.6 is 11.6 Å². The summed E-state index contributed by atoms with van der Waals surface area (Å²) in [7, 11) is 5.39. The zero-order valence-electron chi connectivity index (χ0n) is 15.9. The van der Waals surface area contributed by atoms with Crippen LogP contribution in [0.15, 0.2) is 17.1 Å². The lowest BCUT2D eigenvalue weighted by Crippen LogP contribution is -2.57. The average Bonchev–Trinajstić information content (AvgIpc) is 2.63. The Labute approximate surface area is 160 Å². The zero-order chi connectivity index (χ0) is 18.8. The number of methoxy groups -OCH3 is 1. The third-order valence-corrected chi connectivity index (χ3v) is 5.72. The highest BCUT2D eigenvalue weighted by molar-refractivity contribution is 6.33. The van der Waals surface area contributed by atoms with Crippen molar-refractivity contribution in [3.05, 3.63) is 22.7 Å². The minimum Gasteiger partial charge on any atom is -0.496 e. The van der Waals surface area contributed by atoms with E-state index in [4.69, 9.17) is 16.3 Å². The summed E-state index contributed by atoms with van der Waals surface area (Å²) in [4.78, 5) is 21.7. The van der Waals surface area contributed by atoms with Gasteiger partial charge in [-0.25, -0.2) is 4.99 Å². The van der Waals surface area contributed by atoms with Gasteiger partial charge in [-0.15, -0.1) is 0 Å². The highest BCUT2D eigenvalue weighted by Gasteiger charge is 2.35. The molecule has 26 heavy (non-hydrogen) atoms. The number of piperidine rings is 3. The molecule has 1 amide bonds. The van der Waals surface area contributed by atoms with Gasteiger partial charge >= 0.3 is 0 Å². The predicted molar refractivity (Wildman–Crippen MR) is 105 cm³/mol. The Morgan fingerprint density at radius 2 is 2.04 bits per heavy atom. The summed E-state index contributed by atoms with van der Waals surface area (Å²) in [6.45, 7) is 5.11. The molecule has 1 aromatic carbocycles. The summed E-state index contributed by atoms with van der Waals surface area (Å²) in [5.74, 6) is 1.73. The first kappa shape index (κ1) is 19.0. The molecule has 0 spiro atoms. The number of nitrogens with zero attached hydrogens (tertiary/aromatic N) is 3. The van der Waals surface area contributed by atoms with Crippen molar-refractivity contribution in [1.29, 1.82) is 0 Å². The second kappa shape index (κ2) is 7.84. The molecule has 0 aromatic heterocycles. The number of amides is 1. The maximum Gasteiger partial charge on any atom is 0.255 e. The Hall–Kier alpha value is -1.79. The van der Waals surface area contributed by atoms with Crippen LogP contribution in [0, 0.1) is 5.92 Å². The highest BCUT2D eigenvalue weighted by atomic mass is 35.5. The number of hydrogen-bond acceptors (Lipinski definition) is 4. The molecule has 4 rings (SSSR count). The zero-order valence-corrected chi connectivity index (χ0v) is 16.6. The lowest BCUT2D eigenvalue weighted by atomic mass is 9.84. The highest BCUT2D eigenvalue weighted by Crippen LogP contribution is 2.34. The quantitative estimate of drug-likeness (QED) is 0.646. The molecular weight excluding hydrogens is 352 g/mol. The van der Waals surface area contributed by atoms with Crippen molar-refractivity contribution in [2.45, 2.75) is 25.8 Å². The molecule has 3 heterocycles. The molecule has 3 aliphatic rings. The van der Waals surface area contributed by atoms with E-state index in [1.807, 2.05) is 25.9 Å². The van der Waals surface area contributed by atoms with E-state index in [1.54, 1.807) is 19.2 Å². The fourth-order valence-corrected chi connectivity index (χ4v) is 3.83. The van der Waals surface area contributed by atoms with E-state index in [2.05, 4.69) is 15.2 Å². The molecule has 3 saturated heterocycles. The molecule has 3 aliphatic heterocycles. The number of benzene rings is 1. The molecule has 0 aliphatic carbocycles. The first-order chi connectivity index (χ1) is 12.4. The summed E-state index contributed by atoms with van der Waals surface area (Å²) in [6.07, 6.45) is 2.31. The first-order valence-electron chi connectivity index (χ1n) is 9.02. The van der Waals surface area contributed by atoms with Crippen molar-refractivity contribution in [1.82, 2.24) is 15.1 Å². The molecule has 7 heteroatoms. The Kier molecular flexibility index (Phi) is 5.73. The third kappa shape index (κ3) is 3.96. The lowest BCUT2D eigenvalue weighted by Gasteiger charge is -2.44. The number of nitrogens with one attached hydrogen (secondary N) is 1. The number of rotatable bonds is 4. The van der Waals surface area contributed by atoms with Gasteiger partial charge in [0.05, 0.1) is 23.4 Å². The Bertz CT molecular complexity index is 712. The van der Waals surface area contributed by atoms with Gasteiger partial charge in [0, 0.05) is 32.7 Å². The fraction of sp³-hybridized carbons (Fsp3) is 0.579. The topological polar surface area (TPSA) is 57.2 Å². The number of aliphatic imine (C=N–C) groups is 1. The minimum atomic E-state index is -0.137. The number of carbonyl (C=O) groups excluding carboxylic acids is 1. The molecule has 0 radical (unpaired) electrons. The second-order valence-electron chi connectivity index (χ2n) is 7.28. The monoisotopic (exact) mass is 378 g/mol. The van der Waals surface area contributed by atoms with E-state index >= 15 is 0 Å². The van der Waals surface area contributed by atoms with Crippen molar-refractivity contribution in [3.8, 4) is 5.75 Å². The Balaban J connectivity index is 1.81. The van der Waals surface area contributed by atoms with Gasteiger partial charge < -0.3 is 19.9 Å². The van der Waals surface area contributed by atoms with Crippen LogP contribution in [0.5, 0.6) is 5.75 Å². The van der Waals surface area contributed by atoms with Crippen molar-refractivity contribution in [2.24, 2.45) is 10.9 Å². The number of fused-ring (bicyclic) bond motifs is 3. The maximum absolute atomic E-state index is 12.9. The Morgan fingerprint density at radius 3 is 2.58 bits per heavy atom. The van der Waals surface area contributed by atoms with Gasteiger partial charge in [-0.3, -0.25) is 4.79 Å². The van der Waals surface area contributed by atoms with Crippen LogP contribution in [0.2, 0.25) is 5.02 Å². The molecular formula is C19H27ClN4O2. The number of halogens is 1. The largest absolute Gasteiger partial charge is 0.496 e. The molecule has 6 nitrogen and oxygen atoms in total. The van der Waals surface area contributed by atoms with E-state index in [-0.39, 0.29) is 11.9 Å². The second-order valence-corrected chi connectivity index (χ2v) is 7.68. The normalized spacial score (nSPS) is 25.1. The van der Waals surface area contributed by atoms with Crippen molar-refractivity contribution < 1.29 is 9.53 Å². The van der Waals surface area contributed by atoms with Gasteiger partial charge in [0.25, 0.3) is 5.91 Å². The number of ether oxygens (including phenoxy) is 1. The van der Waals surface area contributed by atoms with E-state index in [0.29, 0.717) is 27.9 Å². The van der Waals surface area contributed by atoms with E-state index in [1.165, 1.54) is 0 Å². The van der Waals surface area contributed by atoms with Gasteiger partial charge in [-0.05, 0) is 44.8 Å². The van der Waals surface area contributed by atoms with Crippen LogP contribution < -0.4 is 10.1 Å². The number of carbonyl (C=O) groups is 1. The molecule has 142 valence electrons. The van der Waals surface area contributed by atoms with Gasteiger partial charge in [0.2, 0.25) is 0 Å². The standard InChI is InChI=1S/C19H27ClN4O2/c1-12(23(2)3)21-16-10-18(26-4)14(9-15(16)20)19(25)22-17-11-24-7-5-13(17)6-8-24/h9-10,13,17H,5-8,11H2,1-4H3,(H,22,25). The average molecular weight is 379 g/mol. The van der Waals surface area contributed by atoms with Crippen LogP contribution in [0.3, 0.4) is 0 Å². The van der Waals surface area contributed by atoms with Crippen molar-refractivity contribution >= 4 is 29.0 Å². The third-order valence-electron chi connectivity index (χ3n) is 5.42. The smallest absolute Gasteiger partial charge is 0.255 e. The number of hydrogen-bond donors (Lipinski definition) is 1. The fourth-order valence-electron chi connectivity index (χ4n) is 3.62. The summed E-state index contributed by atoms with van der Waals surface area (Å²) < 4.78 is 5.44. The molecule has 1 N–H and O–H groups in total. The number of amidine groups is 1. The maximum atomic E-state index is 12.9. The Morgan fingerprint density at radius 1 is 1.35 bits per heavy atom. The predicted octanol–water partition coefficient (Wildman–Crippen LogP) is 2.78. The summed E-state index contributed by atoms with van der Waals surface area (Å²) in [5.41, 5.74) is 1.05. The molecule has 1 atom stereocenters. The molecule has 1 unspecified atom stereocenters. The van der Waals surface area contributed by atoms with Crippen LogP contribution in [-0.2, 0) is 0 Å². The SMILES string of the molecule is COc1cc(N=C(C)N(C)C)c(Cl)cc1C(=O)NC1CN2CCC1CC2. The van der Waals surface area contributed by atoms with Gasteiger partial charge in [-0.1, -0.05) is 11.6 Å². The van der Waals surface area contributed by atoms with E-state index in [0.717, 1.165) is 38.3 Å². The van der Waals surface area contributed by atoms with Crippen molar-refractivity contribution in [2.75, 3.05) is 40.8 Å². The van der Waals surface area contributed by atoms with Crippen LogP contribution in [0.25, 0.3) is 0 Å². The van der Waals surface area contributed by atoms with Crippen LogP contribution in [0.1, 0.15) is 30.1 Å². The van der Waals surface area contributed by atoms with Crippen LogP contribution in [0.4, 0.5) is 5.69 Å². The van der Waals surface area contributed by atoms with E-state index in [9.17, 15) is 4.79 Å². The van der Waals surface area contributed by atoms with E-state index < -0.39 is 0 Å². The molecule has 0 saturated carbocycles. The van der Waals surface area contributed by atoms with Gasteiger partial charge in [-0.2, -0.15) is 0 Å². The summed E-state index contributed by atoms with van der Waals surface area (Å²) in [5, 5.41) is 3.62. The van der Waals surface area contributed by atoms with Gasteiger partial charge in [0.1, 0.15) is 11.6 Å². The summed E-state index contributed by atoms with van der Waals surface area (Å²) >= 11 is 6.39. The van der Waals surface area contributed by atoms with Crippen molar-refractivity contribution in [3.63, 3.8) is 0 Å². The lowest BCUT2D eigenvalue weighted by molar-refractivity contribution is 0.0619. The minimum absolute atomic E-state index is 0.137. The molecule has 2 bridgehead atoms. The molecule has 1 aromatic rings. The molecule has 3 fully saturated rings. The van der Waals surface area contributed by atoms with Crippen LogP contribution in [-0.4, -0.2) is 68.4 Å². The van der Waals surface area contributed by atoms with Gasteiger partial charge in [0.15, 0.2) is 0 Å².